The smallest absolute Gasteiger partial charge is 0.347 e. The molecule has 6 heteroatoms. The molecule has 2 aromatic rings. The van der Waals surface area contributed by atoms with E-state index >= 15 is 0 Å². The molecule has 264 valence electrons. The average molecular weight is 661 g/mol. The molecule has 0 saturated heterocycles. The number of ether oxygens (including phenoxy) is 4. The lowest BCUT2D eigenvalue weighted by molar-refractivity contribution is -0.154. The first-order valence-corrected chi connectivity index (χ1v) is 18.5. The van der Waals surface area contributed by atoms with Crippen LogP contribution in [-0.4, -0.2) is 37.4 Å². The molecule has 2 unspecified atom stereocenters. The second-order valence-corrected chi connectivity index (χ2v) is 13.0. The van der Waals surface area contributed by atoms with E-state index < -0.39 is 12.2 Å². The van der Waals surface area contributed by atoms with Crippen molar-refractivity contribution < 1.29 is 28.5 Å². The van der Waals surface area contributed by atoms with E-state index in [0.717, 1.165) is 47.5 Å². The third-order valence-electron chi connectivity index (χ3n) is 9.65. The third-order valence-corrected chi connectivity index (χ3v) is 9.65. The largest absolute Gasteiger partial charge is 0.478 e. The first-order chi connectivity index (χ1) is 23.3. The molecule has 0 bridgehead atoms. The molecule has 0 fully saturated rings. The Hall–Kier alpha value is -3.54. The summed E-state index contributed by atoms with van der Waals surface area (Å²) < 4.78 is 22.3. The maximum absolute atomic E-state index is 12.5. The first-order valence-electron chi connectivity index (χ1n) is 18.5. The molecule has 4 rings (SSSR count). The highest BCUT2D eigenvalue weighted by Gasteiger charge is 2.39. The van der Waals surface area contributed by atoms with E-state index in [9.17, 15) is 9.59 Å². The Labute approximate surface area is 290 Å². The SMILES string of the molecule is C=C1c2ccccc2O[C@H](C(=O)OCC)[C@@H]1C[C@H](CC)CCCC.CCCCC(CC)C/C=C1\CC(C(=O)OCC)Oc2ccccc21. The van der Waals surface area contributed by atoms with Gasteiger partial charge < -0.3 is 18.9 Å². The molecule has 0 spiro atoms. The Bertz CT molecular complexity index is 1330. The van der Waals surface area contributed by atoms with Crippen LogP contribution in [0.15, 0.2) is 61.2 Å². The number of para-hydroxylation sites is 2. The third kappa shape index (κ3) is 11.0. The van der Waals surface area contributed by atoms with Crippen LogP contribution in [0.25, 0.3) is 11.1 Å². The van der Waals surface area contributed by atoms with E-state index in [4.69, 9.17) is 18.9 Å². The number of unbranched alkanes of at least 4 members (excludes halogenated alkanes) is 2. The molecule has 0 aliphatic carbocycles. The van der Waals surface area contributed by atoms with Gasteiger partial charge in [-0.1, -0.05) is 128 Å². The number of carbonyl (C=O) groups excluding carboxylic acids is 2. The highest BCUT2D eigenvalue weighted by molar-refractivity contribution is 5.84. The lowest BCUT2D eigenvalue weighted by Crippen LogP contribution is -2.41. The summed E-state index contributed by atoms with van der Waals surface area (Å²) in [5.41, 5.74) is 4.35. The zero-order valence-electron chi connectivity index (χ0n) is 30.4. The van der Waals surface area contributed by atoms with Crippen LogP contribution in [0.1, 0.15) is 123 Å². The standard InChI is InChI=1S/2C21H30O3/c1-5-8-11-16(6-2)14-18-15(4)17-12-9-10-13-19(17)24-20(18)21(22)23-7-3;1-4-7-10-16(5-2)13-14-17-15-20(21(22)23-6-3)24-19-12-9-8-11-18(17)19/h9-10,12-13,16,18,20H,4-8,11,14H2,1-3H3;8-9,11-12,14,16,20H,4-7,10,13,15H2,1-3H3/b;17-14+/t16-,18-,20+;/m1./s1. The van der Waals surface area contributed by atoms with E-state index in [1.165, 1.54) is 50.5 Å². The van der Waals surface area contributed by atoms with Crippen molar-refractivity contribution in [1.29, 1.82) is 0 Å². The number of esters is 2. The van der Waals surface area contributed by atoms with Gasteiger partial charge in [-0.3, -0.25) is 0 Å². The van der Waals surface area contributed by atoms with Crippen molar-refractivity contribution in [2.75, 3.05) is 13.2 Å². The van der Waals surface area contributed by atoms with Crippen molar-refractivity contribution in [3.05, 3.63) is 72.3 Å². The summed E-state index contributed by atoms with van der Waals surface area (Å²) in [6.45, 7) is 17.7. The second-order valence-electron chi connectivity index (χ2n) is 13.0. The molecule has 0 amide bonds. The Morgan fingerprint density at radius 2 is 1.35 bits per heavy atom. The van der Waals surface area contributed by atoms with E-state index in [1.54, 1.807) is 0 Å². The molecule has 48 heavy (non-hydrogen) atoms. The van der Waals surface area contributed by atoms with Crippen molar-refractivity contribution in [1.82, 2.24) is 0 Å². The molecule has 2 aliphatic rings. The minimum absolute atomic E-state index is 0.0132. The fourth-order valence-electron chi connectivity index (χ4n) is 6.67. The highest BCUT2D eigenvalue weighted by atomic mass is 16.6. The Morgan fingerprint density at radius 3 is 1.96 bits per heavy atom. The molecule has 0 radical (unpaired) electrons. The van der Waals surface area contributed by atoms with Crippen LogP contribution in [0.5, 0.6) is 11.5 Å². The normalized spacial score (nSPS) is 20.2. The fourth-order valence-corrected chi connectivity index (χ4v) is 6.67. The van der Waals surface area contributed by atoms with Crippen LogP contribution in [0.4, 0.5) is 0 Å². The summed E-state index contributed by atoms with van der Waals surface area (Å²) in [4.78, 5) is 24.6. The molecule has 2 aliphatic heterocycles. The lowest BCUT2D eigenvalue weighted by atomic mass is 9.78. The van der Waals surface area contributed by atoms with E-state index in [-0.39, 0.29) is 17.9 Å². The number of hydrogen-bond donors (Lipinski definition) is 0. The Balaban J connectivity index is 0.000000260. The molecular weight excluding hydrogens is 600 g/mol. The minimum atomic E-state index is -0.581. The first kappa shape index (κ1) is 38.9. The van der Waals surface area contributed by atoms with Crippen LogP contribution in [0.2, 0.25) is 0 Å². The monoisotopic (exact) mass is 660 g/mol. The maximum Gasteiger partial charge on any atom is 0.347 e. The zero-order valence-corrected chi connectivity index (χ0v) is 30.4. The van der Waals surface area contributed by atoms with Crippen molar-refractivity contribution in [3.8, 4) is 11.5 Å². The summed E-state index contributed by atoms with van der Waals surface area (Å²) in [6.07, 6.45) is 13.5. The van der Waals surface area contributed by atoms with Gasteiger partial charge in [0.05, 0.1) is 13.2 Å². The van der Waals surface area contributed by atoms with Gasteiger partial charge in [-0.15, -0.1) is 0 Å². The molecule has 0 saturated carbocycles. The Morgan fingerprint density at radius 1 is 0.792 bits per heavy atom. The number of fused-ring (bicyclic) bond motifs is 2. The zero-order chi connectivity index (χ0) is 34.9. The number of rotatable bonds is 16. The van der Waals surface area contributed by atoms with Gasteiger partial charge in [0.1, 0.15) is 11.5 Å². The molecule has 2 heterocycles. The minimum Gasteiger partial charge on any atom is -0.478 e. The Kier molecular flexibility index (Phi) is 16.8. The summed E-state index contributed by atoms with van der Waals surface area (Å²) in [6, 6.07) is 15.8. The van der Waals surface area contributed by atoms with E-state index in [2.05, 4.69) is 46.4 Å². The van der Waals surface area contributed by atoms with Gasteiger partial charge in [0.15, 0.2) is 6.10 Å². The van der Waals surface area contributed by atoms with E-state index in [0.29, 0.717) is 31.5 Å². The number of allylic oxidation sites excluding steroid dienone is 1. The topological polar surface area (TPSA) is 71.1 Å². The summed E-state index contributed by atoms with van der Waals surface area (Å²) in [5, 5.41) is 0. The maximum atomic E-state index is 12.5. The molecule has 5 atom stereocenters. The molecule has 6 nitrogen and oxygen atoms in total. The lowest BCUT2D eigenvalue weighted by Gasteiger charge is -2.35. The van der Waals surface area contributed by atoms with Crippen LogP contribution in [0, 0.1) is 17.8 Å². The van der Waals surface area contributed by atoms with Gasteiger partial charge in [0, 0.05) is 23.5 Å². The molecule has 0 aromatic heterocycles. The van der Waals surface area contributed by atoms with Crippen LogP contribution < -0.4 is 9.47 Å². The number of benzene rings is 2. The quantitative estimate of drug-likeness (QED) is 0.167. The predicted octanol–water partition coefficient (Wildman–Crippen LogP) is 10.6. The summed E-state index contributed by atoms with van der Waals surface area (Å²) in [7, 11) is 0. The molecule has 0 N–H and O–H groups in total. The van der Waals surface area contributed by atoms with Crippen molar-refractivity contribution in [2.45, 2.75) is 124 Å². The fraction of sp³-hybridized carbons (Fsp3) is 0.571. The van der Waals surface area contributed by atoms with Gasteiger partial charge in [-0.25, -0.2) is 9.59 Å². The number of hydrogen-bond acceptors (Lipinski definition) is 6. The number of carbonyl (C=O) groups is 2. The van der Waals surface area contributed by atoms with Crippen molar-refractivity contribution in [2.24, 2.45) is 17.8 Å². The van der Waals surface area contributed by atoms with Crippen molar-refractivity contribution >= 4 is 23.1 Å². The summed E-state index contributed by atoms with van der Waals surface area (Å²) >= 11 is 0. The summed E-state index contributed by atoms with van der Waals surface area (Å²) in [5.74, 6) is 2.26. The van der Waals surface area contributed by atoms with Crippen LogP contribution >= 0.6 is 0 Å². The molecular formula is C42H60O6. The van der Waals surface area contributed by atoms with Crippen molar-refractivity contribution in [3.63, 3.8) is 0 Å². The van der Waals surface area contributed by atoms with Crippen LogP contribution in [0.3, 0.4) is 0 Å². The average Bonchev–Trinajstić information content (AvgIpc) is 3.11. The van der Waals surface area contributed by atoms with Gasteiger partial charge in [0.25, 0.3) is 0 Å². The van der Waals surface area contributed by atoms with Gasteiger partial charge in [-0.2, -0.15) is 0 Å². The van der Waals surface area contributed by atoms with Gasteiger partial charge >= 0.3 is 11.9 Å². The van der Waals surface area contributed by atoms with Gasteiger partial charge in [0.2, 0.25) is 6.10 Å². The highest BCUT2D eigenvalue weighted by Crippen LogP contribution is 2.42. The predicted molar refractivity (Wildman–Crippen MR) is 196 cm³/mol. The van der Waals surface area contributed by atoms with E-state index in [1.807, 2.05) is 56.3 Å². The van der Waals surface area contributed by atoms with Gasteiger partial charge in [-0.05, 0) is 61.8 Å². The second kappa shape index (κ2) is 20.7. The molecule has 2 aromatic carbocycles. The van der Waals surface area contributed by atoms with Crippen LogP contribution in [-0.2, 0) is 19.1 Å².